The molecule has 0 saturated carbocycles. The zero-order valence-corrected chi connectivity index (χ0v) is 13.5. The summed E-state index contributed by atoms with van der Waals surface area (Å²) in [5.41, 5.74) is 1.65. The zero-order chi connectivity index (χ0) is 16.1. The summed E-state index contributed by atoms with van der Waals surface area (Å²) in [7, 11) is 0. The molecule has 6 heteroatoms. The predicted octanol–water partition coefficient (Wildman–Crippen LogP) is 3.68. The van der Waals surface area contributed by atoms with E-state index in [0.717, 1.165) is 28.5 Å². The lowest BCUT2D eigenvalue weighted by molar-refractivity contribution is -0.111. The van der Waals surface area contributed by atoms with Gasteiger partial charge in [0.05, 0.1) is 0 Å². The van der Waals surface area contributed by atoms with Crippen LogP contribution in [0.2, 0.25) is 0 Å². The normalized spacial score (nSPS) is 11.0. The van der Waals surface area contributed by atoms with Crippen molar-refractivity contribution >= 4 is 29.0 Å². The van der Waals surface area contributed by atoms with Crippen molar-refractivity contribution in [1.29, 1.82) is 0 Å². The van der Waals surface area contributed by atoms with E-state index in [1.807, 2.05) is 53.3 Å². The summed E-state index contributed by atoms with van der Waals surface area (Å²) in [6, 6.07) is 11.5. The summed E-state index contributed by atoms with van der Waals surface area (Å²) in [6.07, 6.45) is 5.04. The number of hydrogen-bond acceptors (Lipinski definition) is 4. The first-order valence-corrected chi connectivity index (χ1v) is 8.15. The highest BCUT2D eigenvalue weighted by Gasteiger charge is 2.07. The third-order valence-corrected chi connectivity index (χ3v) is 4.12. The molecule has 116 valence electrons. The van der Waals surface area contributed by atoms with Crippen molar-refractivity contribution < 1.29 is 4.79 Å². The SMILES string of the molecule is CCn1cnnc1-c1cccc(NC(=O)/C=C/c2cccs2)c1. The Morgan fingerprint density at radius 1 is 1.35 bits per heavy atom. The standard InChI is InChI=1S/C17H16N4OS/c1-2-21-12-18-20-17(21)13-5-3-6-14(11-13)19-16(22)9-8-15-7-4-10-23-15/h3-12H,2H2,1H3,(H,19,22)/b9-8+. The van der Waals surface area contributed by atoms with Gasteiger partial charge in [-0.15, -0.1) is 21.5 Å². The lowest BCUT2D eigenvalue weighted by Crippen LogP contribution is -2.07. The van der Waals surface area contributed by atoms with Gasteiger partial charge in [0.15, 0.2) is 5.82 Å². The third kappa shape index (κ3) is 3.73. The van der Waals surface area contributed by atoms with Crippen LogP contribution in [0.5, 0.6) is 0 Å². The fourth-order valence-electron chi connectivity index (χ4n) is 2.17. The molecule has 0 aliphatic rings. The molecular weight excluding hydrogens is 308 g/mol. The van der Waals surface area contributed by atoms with Crippen molar-refractivity contribution in [1.82, 2.24) is 14.8 Å². The van der Waals surface area contributed by atoms with E-state index < -0.39 is 0 Å². The Balaban J connectivity index is 1.74. The van der Waals surface area contributed by atoms with Crippen LogP contribution < -0.4 is 5.32 Å². The number of rotatable bonds is 5. The van der Waals surface area contributed by atoms with Crippen molar-refractivity contribution in [3.8, 4) is 11.4 Å². The highest BCUT2D eigenvalue weighted by molar-refractivity contribution is 7.10. The van der Waals surface area contributed by atoms with Crippen molar-refractivity contribution in [2.24, 2.45) is 0 Å². The number of amides is 1. The maximum Gasteiger partial charge on any atom is 0.248 e. The number of nitrogens with zero attached hydrogens (tertiary/aromatic N) is 3. The third-order valence-electron chi connectivity index (χ3n) is 3.29. The second kappa shape index (κ2) is 7.02. The van der Waals surface area contributed by atoms with E-state index in [2.05, 4.69) is 15.5 Å². The van der Waals surface area contributed by atoms with E-state index in [1.165, 1.54) is 6.08 Å². The summed E-state index contributed by atoms with van der Waals surface area (Å²) in [5.74, 6) is 0.630. The predicted molar refractivity (Wildman–Crippen MR) is 93.1 cm³/mol. The van der Waals surface area contributed by atoms with E-state index in [1.54, 1.807) is 23.7 Å². The Kier molecular flexibility index (Phi) is 4.63. The van der Waals surface area contributed by atoms with E-state index in [0.29, 0.717) is 0 Å². The molecule has 2 aromatic heterocycles. The fraction of sp³-hybridized carbons (Fsp3) is 0.118. The molecule has 3 rings (SSSR count). The van der Waals surface area contributed by atoms with Crippen molar-refractivity contribution in [3.63, 3.8) is 0 Å². The van der Waals surface area contributed by atoms with E-state index in [9.17, 15) is 4.79 Å². The minimum atomic E-state index is -0.160. The van der Waals surface area contributed by atoms with Gasteiger partial charge in [-0.05, 0) is 36.6 Å². The summed E-state index contributed by atoms with van der Waals surface area (Å²) < 4.78 is 1.96. The summed E-state index contributed by atoms with van der Waals surface area (Å²) >= 11 is 1.59. The van der Waals surface area contributed by atoms with Crippen LogP contribution in [0, 0.1) is 0 Å². The van der Waals surface area contributed by atoms with Crippen LogP contribution in [0.15, 0.2) is 54.2 Å². The van der Waals surface area contributed by atoms with Crippen LogP contribution in [0.3, 0.4) is 0 Å². The summed E-state index contributed by atoms with van der Waals surface area (Å²) in [5, 5.41) is 12.9. The van der Waals surface area contributed by atoms with Gasteiger partial charge in [0, 0.05) is 28.7 Å². The molecule has 2 heterocycles. The lowest BCUT2D eigenvalue weighted by Gasteiger charge is -2.06. The molecule has 0 spiro atoms. The second-order valence-electron chi connectivity index (χ2n) is 4.86. The number of hydrogen-bond donors (Lipinski definition) is 1. The fourth-order valence-corrected chi connectivity index (χ4v) is 2.79. The van der Waals surface area contributed by atoms with Crippen LogP contribution in [0.25, 0.3) is 17.5 Å². The maximum absolute atomic E-state index is 12.0. The van der Waals surface area contributed by atoms with Gasteiger partial charge < -0.3 is 9.88 Å². The van der Waals surface area contributed by atoms with Gasteiger partial charge in [0.25, 0.3) is 0 Å². The van der Waals surface area contributed by atoms with Crippen LogP contribution in [-0.4, -0.2) is 20.7 Å². The molecule has 1 amide bonds. The molecular formula is C17H16N4OS. The molecule has 1 aromatic carbocycles. The highest BCUT2D eigenvalue weighted by Crippen LogP contribution is 2.20. The Hall–Kier alpha value is -2.73. The Labute approximate surface area is 138 Å². The number of benzene rings is 1. The first-order chi connectivity index (χ1) is 11.3. The molecule has 0 atom stereocenters. The number of nitrogens with one attached hydrogen (secondary N) is 1. The minimum Gasteiger partial charge on any atom is -0.322 e. The number of anilines is 1. The van der Waals surface area contributed by atoms with Crippen molar-refractivity contribution in [2.75, 3.05) is 5.32 Å². The van der Waals surface area contributed by atoms with Gasteiger partial charge >= 0.3 is 0 Å². The largest absolute Gasteiger partial charge is 0.322 e. The first kappa shape index (κ1) is 15.2. The number of aryl methyl sites for hydroxylation is 1. The topological polar surface area (TPSA) is 59.8 Å². The van der Waals surface area contributed by atoms with Crippen LogP contribution >= 0.6 is 11.3 Å². The molecule has 0 aliphatic heterocycles. The van der Waals surface area contributed by atoms with Crippen LogP contribution in [0.4, 0.5) is 5.69 Å². The second-order valence-corrected chi connectivity index (χ2v) is 5.84. The van der Waals surface area contributed by atoms with Gasteiger partial charge in [-0.25, -0.2) is 0 Å². The Morgan fingerprint density at radius 3 is 3.04 bits per heavy atom. The van der Waals surface area contributed by atoms with E-state index in [4.69, 9.17) is 0 Å². The monoisotopic (exact) mass is 324 g/mol. The first-order valence-electron chi connectivity index (χ1n) is 7.27. The molecule has 0 unspecified atom stereocenters. The average Bonchev–Trinajstić information content (AvgIpc) is 3.24. The zero-order valence-electron chi connectivity index (χ0n) is 12.6. The molecule has 5 nitrogen and oxygen atoms in total. The lowest BCUT2D eigenvalue weighted by atomic mass is 10.2. The number of carbonyl (C=O) groups excluding carboxylic acids is 1. The molecule has 0 bridgehead atoms. The van der Waals surface area contributed by atoms with E-state index >= 15 is 0 Å². The number of carbonyl (C=O) groups is 1. The number of thiophene rings is 1. The quantitative estimate of drug-likeness (QED) is 0.728. The van der Waals surface area contributed by atoms with Gasteiger partial charge in [-0.1, -0.05) is 18.2 Å². The van der Waals surface area contributed by atoms with Crippen LogP contribution in [-0.2, 0) is 11.3 Å². The maximum atomic E-state index is 12.0. The van der Waals surface area contributed by atoms with Crippen molar-refractivity contribution in [3.05, 3.63) is 59.1 Å². The molecule has 0 fully saturated rings. The van der Waals surface area contributed by atoms with Crippen LogP contribution in [0.1, 0.15) is 11.8 Å². The summed E-state index contributed by atoms with van der Waals surface area (Å²) in [6.45, 7) is 2.83. The molecule has 0 radical (unpaired) electrons. The molecule has 3 aromatic rings. The van der Waals surface area contributed by atoms with Gasteiger partial charge in [-0.3, -0.25) is 4.79 Å². The highest BCUT2D eigenvalue weighted by atomic mass is 32.1. The minimum absolute atomic E-state index is 0.160. The molecule has 23 heavy (non-hydrogen) atoms. The van der Waals surface area contributed by atoms with Crippen molar-refractivity contribution in [2.45, 2.75) is 13.5 Å². The Bertz CT molecular complexity index is 821. The van der Waals surface area contributed by atoms with Gasteiger partial charge in [0.1, 0.15) is 6.33 Å². The smallest absolute Gasteiger partial charge is 0.248 e. The van der Waals surface area contributed by atoms with Gasteiger partial charge in [-0.2, -0.15) is 0 Å². The summed E-state index contributed by atoms with van der Waals surface area (Å²) in [4.78, 5) is 13.0. The number of aromatic nitrogens is 3. The van der Waals surface area contributed by atoms with Gasteiger partial charge in [0.2, 0.25) is 5.91 Å². The molecule has 1 N–H and O–H groups in total. The molecule has 0 saturated heterocycles. The molecule has 0 aliphatic carbocycles. The van der Waals surface area contributed by atoms with E-state index in [-0.39, 0.29) is 5.91 Å². The average molecular weight is 324 g/mol. The Morgan fingerprint density at radius 2 is 2.26 bits per heavy atom.